The van der Waals surface area contributed by atoms with Crippen LogP contribution < -0.4 is 0 Å². The van der Waals surface area contributed by atoms with E-state index in [1.807, 2.05) is 0 Å². The van der Waals surface area contributed by atoms with E-state index in [0.29, 0.717) is 11.1 Å². The molecule has 2 N–H and O–H groups in total. The molecule has 0 saturated carbocycles. The molecule has 0 radical (unpaired) electrons. The molecule has 0 fully saturated rings. The lowest BCUT2D eigenvalue weighted by Crippen LogP contribution is -2.33. The van der Waals surface area contributed by atoms with Gasteiger partial charge in [0.1, 0.15) is 0 Å². The fourth-order valence-corrected chi connectivity index (χ4v) is 7.48. The van der Waals surface area contributed by atoms with Gasteiger partial charge in [-0.05, 0) is 59.4 Å². The molecule has 0 amide bonds. The Kier molecular flexibility index (Phi) is 13.9. The Morgan fingerprint density at radius 1 is 0.531 bits per heavy atom. The van der Waals surface area contributed by atoms with Gasteiger partial charge in [0.2, 0.25) is 0 Å². The normalized spacial score (nSPS) is 16.7. The summed E-state index contributed by atoms with van der Waals surface area (Å²) < 4.78 is 113. The van der Waals surface area contributed by atoms with Gasteiger partial charge in [0.05, 0.1) is 64.1 Å². The first-order chi connectivity index (χ1) is 29.8. The SMILES string of the molecule is COC(=O)CCc1c(CC(=O)OC)c2cc3nc(cc4nc(cc5[nH]c(cc1[nH]2)c(CCC(=O)OC)c5CC(=O)OC)C(C)(C)C4OC(=O)C(F)(F)F)C(C)(C)C3OC(=O)C(F)(F)F. The molecule has 64 heavy (non-hydrogen) atoms. The van der Waals surface area contributed by atoms with Crippen LogP contribution >= 0.6 is 0 Å². The van der Waals surface area contributed by atoms with Crippen LogP contribution in [0.15, 0.2) is 24.3 Å². The van der Waals surface area contributed by atoms with E-state index in [4.69, 9.17) is 28.4 Å². The zero-order valence-corrected chi connectivity index (χ0v) is 35.8. The molecule has 3 aromatic heterocycles. The third-order valence-electron chi connectivity index (χ3n) is 11.0. The number of hydrogen-bond donors (Lipinski definition) is 2. The smallest absolute Gasteiger partial charge is 0.469 e. The number of nitrogens with one attached hydrogen (secondary N) is 2. The highest BCUT2D eigenvalue weighted by molar-refractivity contribution is 5.86. The molecule has 16 nitrogen and oxygen atoms in total. The van der Waals surface area contributed by atoms with Gasteiger partial charge in [-0.15, -0.1) is 0 Å². The molecule has 2 unspecified atom stereocenters. The fraction of sp³-hybridized carbons (Fsp3) is 0.476. The van der Waals surface area contributed by atoms with Gasteiger partial charge >= 0.3 is 48.2 Å². The van der Waals surface area contributed by atoms with Gasteiger partial charge in [-0.25, -0.2) is 9.59 Å². The van der Waals surface area contributed by atoms with Crippen molar-refractivity contribution in [2.45, 2.75) is 102 Å². The quantitative estimate of drug-likeness (QED) is 0.118. The van der Waals surface area contributed by atoms with Crippen molar-refractivity contribution in [2.24, 2.45) is 0 Å². The number of methoxy groups -OCH3 is 4. The summed E-state index contributed by atoms with van der Waals surface area (Å²) >= 11 is 0. The van der Waals surface area contributed by atoms with Crippen molar-refractivity contribution in [2.75, 3.05) is 28.4 Å². The van der Waals surface area contributed by atoms with Crippen LogP contribution in [0.3, 0.4) is 0 Å². The second-order valence-electron chi connectivity index (χ2n) is 15.9. The summed E-state index contributed by atoms with van der Waals surface area (Å²) in [5, 5.41) is 0. The number of rotatable bonds is 12. The standard InChI is InChI=1S/C42H44F6N4O12/c1-39(2)29-17-26-22(14-34(56)62-8)20(10-12-32(54)60-6)24(50-26)15-23-19(9-11-31(53)59-5)21(13-33(55)61-7)25(49-23)16-27-35(63-37(57)41(43,44)45)40(3,4)30(51-27)18-28(52-29)36(39)64-38(58)42(46,47)48/h15-18,35-36,49-50H,9-14H2,1-8H3. The number of aryl methyl sites for hydroxylation is 2. The zero-order chi connectivity index (χ0) is 47.7. The lowest BCUT2D eigenvalue weighted by atomic mass is 9.81. The summed E-state index contributed by atoms with van der Waals surface area (Å²) in [6, 6.07) is 5.22. The molecule has 346 valence electrons. The first-order valence-electron chi connectivity index (χ1n) is 19.4. The Balaban J connectivity index is 2.06. The lowest BCUT2D eigenvalue weighted by molar-refractivity contribution is -0.208. The Morgan fingerprint density at radius 3 is 1.25 bits per heavy atom. The third-order valence-corrected chi connectivity index (χ3v) is 11.0. The van der Waals surface area contributed by atoms with Crippen LogP contribution in [0.4, 0.5) is 26.3 Å². The number of carbonyl (C=O) groups excluding carboxylic acids is 6. The van der Waals surface area contributed by atoms with Crippen molar-refractivity contribution in [3.8, 4) is 0 Å². The molecule has 0 saturated heterocycles. The van der Waals surface area contributed by atoms with E-state index in [0.717, 1.165) is 27.4 Å². The van der Waals surface area contributed by atoms with Crippen LogP contribution in [0.2, 0.25) is 0 Å². The van der Waals surface area contributed by atoms with Crippen LogP contribution in [0.25, 0.3) is 22.1 Å². The number of aromatic nitrogens is 4. The van der Waals surface area contributed by atoms with E-state index < -0.39 is 84.0 Å². The van der Waals surface area contributed by atoms with Crippen LogP contribution in [0.5, 0.6) is 0 Å². The van der Waals surface area contributed by atoms with Gasteiger partial charge < -0.3 is 38.4 Å². The maximum absolute atomic E-state index is 13.8. The van der Waals surface area contributed by atoms with E-state index in [2.05, 4.69) is 19.9 Å². The monoisotopic (exact) mass is 910 g/mol. The Bertz CT molecular complexity index is 2540. The number of nitrogens with zero attached hydrogens (tertiary/aromatic N) is 2. The van der Waals surface area contributed by atoms with Crippen molar-refractivity contribution < 1.29 is 83.5 Å². The third kappa shape index (κ3) is 10.1. The van der Waals surface area contributed by atoms with E-state index in [9.17, 15) is 55.1 Å². The number of carbonyl (C=O) groups is 6. The first-order valence-corrected chi connectivity index (χ1v) is 19.4. The van der Waals surface area contributed by atoms with E-state index in [-0.39, 0.29) is 81.7 Å². The number of ether oxygens (including phenoxy) is 6. The molecule has 0 aromatic carbocycles. The summed E-state index contributed by atoms with van der Waals surface area (Å²) in [7, 11) is 4.57. The van der Waals surface area contributed by atoms with Crippen molar-refractivity contribution in [3.63, 3.8) is 0 Å². The van der Waals surface area contributed by atoms with Gasteiger partial charge in [0.25, 0.3) is 0 Å². The maximum atomic E-state index is 13.8. The molecule has 0 spiro atoms. The van der Waals surface area contributed by atoms with Crippen LogP contribution in [-0.4, -0.2) is 96.5 Å². The van der Waals surface area contributed by atoms with Crippen LogP contribution in [0.1, 0.15) is 97.8 Å². The minimum Gasteiger partial charge on any atom is -0.469 e. The predicted molar refractivity (Wildman–Crippen MR) is 209 cm³/mol. The molecule has 3 aromatic rings. The average Bonchev–Trinajstić information content (AvgIpc) is 3.85. The molecule has 2 atom stereocenters. The predicted octanol–water partition coefficient (Wildman–Crippen LogP) is 6.21. The molecule has 2 aliphatic heterocycles. The molecule has 5 rings (SSSR count). The largest absolute Gasteiger partial charge is 0.490 e. The van der Waals surface area contributed by atoms with Crippen molar-refractivity contribution in [1.29, 1.82) is 0 Å². The maximum Gasteiger partial charge on any atom is 0.490 e. The summed E-state index contributed by atoms with van der Waals surface area (Å²) in [6.45, 7) is 5.52. The molecular formula is C42H44F6N4O12. The summed E-state index contributed by atoms with van der Waals surface area (Å²) in [5.41, 5.74) is -2.52. The lowest BCUT2D eigenvalue weighted by Gasteiger charge is -2.28. The average molecular weight is 911 g/mol. The zero-order valence-electron chi connectivity index (χ0n) is 35.8. The van der Waals surface area contributed by atoms with E-state index in [1.165, 1.54) is 53.0 Å². The molecule has 0 aliphatic carbocycles. The Morgan fingerprint density at radius 2 is 0.875 bits per heavy atom. The van der Waals surface area contributed by atoms with Crippen molar-refractivity contribution in [1.82, 2.24) is 19.9 Å². The van der Waals surface area contributed by atoms with Gasteiger partial charge in [-0.1, -0.05) is 27.7 Å². The highest BCUT2D eigenvalue weighted by Gasteiger charge is 2.51. The number of fused-ring (bicyclic) bond motifs is 8. The second kappa shape index (κ2) is 18.3. The number of hydrogen-bond acceptors (Lipinski definition) is 14. The minimum absolute atomic E-state index is 0.0160. The van der Waals surface area contributed by atoms with Gasteiger partial charge in [0, 0.05) is 45.7 Å². The minimum atomic E-state index is -5.49. The molecule has 2 aliphatic rings. The number of aromatic amines is 2. The second-order valence-corrected chi connectivity index (χ2v) is 15.9. The summed E-state index contributed by atoms with van der Waals surface area (Å²) in [4.78, 5) is 91.4. The van der Waals surface area contributed by atoms with Gasteiger partial charge in [-0.3, -0.25) is 29.1 Å². The Labute approximate surface area is 360 Å². The molecule has 22 heteroatoms. The summed E-state index contributed by atoms with van der Waals surface area (Å²) in [5.74, 6) is -8.00. The van der Waals surface area contributed by atoms with E-state index >= 15 is 0 Å². The summed E-state index contributed by atoms with van der Waals surface area (Å²) in [6.07, 6.45) is -16.2. The highest BCUT2D eigenvalue weighted by atomic mass is 19.4. The van der Waals surface area contributed by atoms with E-state index in [1.54, 1.807) is 0 Å². The highest BCUT2D eigenvalue weighted by Crippen LogP contribution is 2.48. The number of halogens is 6. The number of esters is 6. The van der Waals surface area contributed by atoms with Crippen molar-refractivity contribution >= 4 is 57.9 Å². The Hall–Kier alpha value is -6.48. The number of alkyl halides is 6. The number of H-pyrrole nitrogens is 2. The fourth-order valence-electron chi connectivity index (χ4n) is 7.48. The molecule has 8 bridgehead atoms. The van der Waals surface area contributed by atoms with Crippen LogP contribution in [-0.2, 0) is 93.7 Å². The van der Waals surface area contributed by atoms with Gasteiger partial charge in [-0.2, -0.15) is 26.3 Å². The van der Waals surface area contributed by atoms with Crippen molar-refractivity contribution in [3.05, 3.63) is 69.3 Å². The molecular weight excluding hydrogens is 866 g/mol. The first kappa shape index (κ1) is 48.6. The molecule has 5 heterocycles. The topological polar surface area (TPSA) is 215 Å². The van der Waals surface area contributed by atoms with Crippen LogP contribution in [0, 0.1) is 0 Å². The van der Waals surface area contributed by atoms with Gasteiger partial charge in [0.15, 0.2) is 12.2 Å².